The highest BCUT2D eigenvalue weighted by atomic mass is 32.2. The summed E-state index contributed by atoms with van der Waals surface area (Å²) in [4.78, 5) is 25.4. The quantitative estimate of drug-likeness (QED) is 0.417. The van der Waals surface area contributed by atoms with Crippen LogP contribution in [0, 0.1) is 6.92 Å². The van der Waals surface area contributed by atoms with E-state index in [1.54, 1.807) is 54.6 Å². The minimum Gasteiger partial charge on any atom is -0.383 e. The zero-order valence-electron chi connectivity index (χ0n) is 18.3. The normalized spacial score (nSPS) is 11.0. The number of hydrogen-bond acceptors (Lipinski definition) is 5. The highest BCUT2D eigenvalue weighted by Gasteiger charge is 2.17. The van der Waals surface area contributed by atoms with Crippen molar-refractivity contribution in [2.45, 2.75) is 11.8 Å². The highest BCUT2D eigenvalue weighted by molar-refractivity contribution is 7.92. The number of anilines is 2. The molecule has 0 saturated carbocycles. The lowest BCUT2D eigenvalue weighted by Gasteiger charge is -2.12. The van der Waals surface area contributed by atoms with Crippen LogP contribution in [0.25, 0.3) is 0 Å². The molecule has 0 atom stereocenters. The largest absolute Gasteiger partial charge is 0.383 e. The fourth-order valence-electron chi connectivity index (χ4n) is 3.00. The van der Waals surface area contributed by atoms with Gasteiger partial charge in [-0.2, -0.15) is 0 Å². The van der Waals surface area contributed by atoms with Crippen LogP contribution >= 0.6 is 0 Å². The summed E-state index contributed by atoms with van der Waals surface area (Å²) in [6, 6.07) is 19.2. The predicted molar refractivity (Wildman–Crippen MR) is 127 cm³/mol. The number of ether oxygens (including phenoxy) is 1. The first-order chi connectivity index (χ1) is 15.8. The maximum absolute atomic E-state index is 12.8. The van der Waals surface area contributed by atoms with Crippen LogP contribution in [0.1, 0.15) is 26.3 Å². The van der Waals surface area contributed by atoms with Crippen LogP contribution in [0.15, 0.2) is 77.7 Å². The number of hydrogen-bond donors (Lipinski definition) is 3. The highest BCUT2D eigenvalue weighted by Crippen LogP contribution is 2.20. The van der Waals surface area contributed by atoms with Gasteiger partial charge in [-0.1, -0.05) is 35.9 Å². The van der Waals surface area contributed by atoms with E-state index in [2.05, 4.69) is 15.4 Å². The van der Waals surface area contributed by atoms with Crippen molar-refractivity contribution < 1.29 is 22.7 Å². The van der Waals surface area contributed by atoms with Gasteiger partial charge >= 0.3 is 0 Å². The first-order valence-corrected chi connectivity index (χ1v) is 11.7. The molecule has 0 heterocycles. The van der Waals surface area contributed by atoms with Gasteiger partial charge < -0.3 is 15.4 Å². The van der Waals surface area contributed by atoms with Gasteiger partial charge in [-0.25, -0.2) is 8.42 Å². The van der Waals surface area contributed by atoms with Crippen molar-refractivity contribution in [2.75, 3.05) is 30.3 Å². The Morgan fingerprint density at radius 3 is 2.36 bits per heavy atom. The third-order valence-corrected chi connectivity index (χ3v) is 6.12. The molecule has 8 nitrogen and oxygen atoms in total. The average Bonchev–Trinajstić information content (AvgIpc) is 2.79. The van der Waals surface area contributed by atoms with E-state index >= 15 is 0 Å². The molecule has 172 valence electrons. The molecule has 3 rings (SSSR count). The molecule has 9 heteroatoms. The summed E-state index contributed by atoms with van der Waals surface area (Å²) in [6.45, 7) is 2.57. The summed E-state index contributed by atoms with van der Waals surface area (Å²) in [7, 11) is -2.27. The summed E-state index contributed by atoms with van der Waals surface area (Å²) in [5, 5.41) is 5.43. The molecule has 2 amide bonds. The van der Waals surface area contributed by atoms with Crippen LogP contribution < -0.4 is 15.4 Å². The Bertz CT molecular complexity index is 1240. The summed E-state index contributed by atoms with van der Waals surface area (Å²) >= 11 is 0. The van der Waals surface area contributed by atoms with Crippen LogP contribution in [0.4, 0.5) is 11.4 Å². The maximum atomic E-state index is 12.8. The van der Waals surface area contributed by atoms with Gasteiger partial charge in [-0.15, -0.1) is 0 Å². The molecule has 33 heavy (non-hydrogen) atoms. The third-order valence-electron chi connectivity index (χ3n) is 4.72. The molecule has 0 aliphatic rings. The summed E-state index contributed by atoms with van der Waals surface area (Å²) in [5.41, 5.74) is 2.06. The lowest BCUT2D eigenvalue weighted by molar-refractivity contribution is 0.0938. The molecular formula is C24H25N3O5S. The Kier molecular flexibility index (Phi) is 7.81. The molecule has 0 aromatic heterocycles. The molecule has 0 aliphatic heterocycles. The van der Waals surface area contributed by atoms with Gasteiger partial charge in [0, 0.05) is 24.9 Å². The van der Waals surface area contributed by atoms with Gasteiger partial charge in [0.2, 0.25) is 0 Å². The summed E-state index contributed by atoms with van der Waals surface area (Å²) in [6.07, 6.45) is 0. The second-order valence-corrected chi connectivity index (χ2v) is 8.93. The van der Waals surface area contributed by atoms with Gasteiger partial charge in [0.15, 0.2) is 0 Å². The van der Waals surface area contributed by atoms with Crippen molar-refractivity contribution in [1.82, 2.24) is 5.32 Å². The van der Waals surface area contributed by atoms with Crippen molar-refractivity contribution in [3.8, 4) is 0 Å². The number of amides is 2. The van der Waals surface area contributed by atoms with Crippen LogP contribution in [-0.2, 0) is 14.8 Å². The first kappa shape index (κ1) is 24.0. The monoisotopic (exact) mass is 467 g/mol. The Hall–Kier alpha value is -3.69. The van der Waals surface area contributed by atoms with Crippen LogP contribution in [0.2, 0.25) is 0 Å². The van der Waals surface area contributed by atoms with Gasteiger partial charge in [0.25, 0.3) is 21.8 Å². The predicted octanol–water partition coefficient (Wildman–Crippen LogP) is 3.42. The van der Waals surface area contributed by atoms with Gasteiger partial charge in [0.1, 0.15) is 0 Å². The Labute approximate surface area is 193 Å². The van der Waals surface area contributed by atoms with Crippen molar-refractivity contribution >= 4 is 33.2 Å². The van der Waals surface area contributed by atoms with E-state index in [1.165, 1.54) is 25.3 Å². The number of aryl methyl sites for hydroxylation is 1. The number of nitrogens with one attached hydrogen (secondary N) is 3. The molecule has 0 spiro atoms. The molecule has 0 bridgehead atoms. The van der Waals surface area contributed by atoms with Gasteiger partial charge in [0.05, 0.1) is 22.8 Å². The smallest absolute Gasteiger partial charge is 0.261 e. The summed E-state index contributed by atoms with van der Waals surface area (Å²) < 4.78 is 32.7. The Morgan fingerprint density at radius 2 is 1.64 bits per heavy atom. The number of carbonyl (C=O) groups excluding carboxylic acids is 2. The number of para-hydroxylation sites is 1. The lowest BCUT2D eigenvalue weighted by atomic mass is 10.1. The molecule has 0 radical (unpaired) electrons. The van der Waals surface area contributed by atoms with Crippen molar-refractivity contribution in [3.05, 3.63) is 89.5 Å². The van der Waals surface area contributed by atoms with Crippen molar-refractivity contribution in [2.24, 2.45) is 0 Å². The summed E-state index contributed by atoms with van der Waals surface area (Å²) in [5.74, 6) is -0.828. The Morgan fingerprint density at radius 1 is 0.909 bits per heavy atom. The second-order valence-electron chi connectivity index (χ2n) is 7.25. The second kappa shape index (κ2) is 10.8. The lowest BCUT2D eigenvalue weighted by Crippen LogP contribution is -2.28. The number of sulfonamides is 1. The van der Waals surface area contributed by atoms with E-state index in [9.17, 15) is 18.0 Å². The number of methoxy groups -OCH3 is 1. The number of benzene rings is 3. The van der Waals surface area contributed by atoms with E-state index in [4.69, 9.17) is 4.74 Å². The molecule has 3 aromatic carbocycles. The van der Waals surface area contributed by atoms with Crippen molar-refractivity contribution in [1.29, 1.82) is 0 Å². The minimum absolute atomic E-state index is 0.122. The standard InChI is InChI=1S/C24H25N3O5S/c1-17-10-12-20(13-11-17)33(30,31)27-19-7-5-6-18(16-19)23(28)26-22-9-4-3-8-21(22)24(29)25-14-15-32-2/h3-13,16,27H,14-15H2,1-2H3,(H,25,29)(H,26,28). The molecule has 0 aliphatic carbocycles. The van der Waals surface area contributed by atoms with Crippen molar-refractivity contribution in [3.63, 3.8) is 0 Å². The van der Waals surface area contributed by atoms with Crippen LogP contribution in [0.3, 0.4) is 0 Å². The Balaban J connectivity index is 1.75. The van der Waals surface area contributed by atoms with Crippen LogP contribution in [0.5, 0.6) is 0 Å². The van der Waals surface area contributed by atoms with E-state index in [0.717, 1.165) is 5.56 Å². The van der Waals surface area contributed by atoms with E-state index in [-0.39, 0.29) is 22.1 Å². The minimum atomic E-state index is -3.81. The molecule has 0 unspecified atom stereocenters. The molecular weight excluding hydrogens is 442 g/mol. The van der Waals surface area contributed by atoms with E-state index < -0.39 is 15.9 Å². The van der Waals surface area contributed by atoms with Gasteiger partial charge in [-0.05, 0) is 49.4 Å². The molecule has 0 fully saturated rings. The van der Waals surface area contributed by atoms with Gasteiger partial charge in [-0.3, -0.25) is 14.3 Å². The first-order valence-electron chi connectivity index (χ1n) is 10.2. The zero-order chi connectivity index (χ0) is 23.8. The average molecular weight is 468 g/mol. The van der Waals surface area contributed by atoms with Crippen LogP contribution in [-0.4, -0.2) is 40.5 Å². The number of carbonyl (C=O) groups is 2. The fraction of sp³-hybridized carbons (Fsp3) is 0.167. The van der Waals surface area contributed by atoms with E-state index in [0.29, 0.717) is 24.4 Å². The molecule has 0 saturated heterocycles. The zero-order valence-corrected chi connectivity index (χ0v) is 19.1. The SMILES string of the molecule is COCCNC(=O)c1ccccc1NC(=O)c1cccc(NS(=O)(=O)c2ccc(C)cc2)c1. The molecule has 3 aromatic rings. The number of rotatable bonds is 9. The fourth-order valence-corrected chi connectivity index (χ4v) is 4.05. The maximum Gasteiger partial charge on any atom is 0.261 e. The third kappa shape index (κ3) is 6.41. The molecule has 3 N–H and O–H groups in total. The topological polar surface area (TPSA) is 114 Å². The van der Waals surface area contributed by atoms with E-state index in [1.807, 2.05) is 6.92 Å².